The lowest BCUT2D eigenvalue weighted by molar-refractivity contribution is 0.351. The highest BCUT2D eigenvalue weighted by Gasteiger charge is 2.26. The van der Waals surface area contributed by atoms with Gasteiger partial charge >= 0.3 is 0 Å². The Morgan fingerprint density at radius 1 is 1.56 bits per heavy atom. The lowest BCUT2D eigenvalue weighted by Crippen LogP contribution is -2.37. The smallest absolute Gasteiger partial charge is 0.242 e. The Morgan fingerprint density at radius 2 is 2.33 bits per heavy atom. The van der Waals surface area contributed by atoms with Crippen molar-refractivity contribution in [1.29, 1.82) is 0 Å². The summed E-state index contributed by atoms with van der Waals surface area (Å²) in [5.74, 6) is 0. The molecule has 0 spiro atoms. The average Bonchev–Trinajstić information content (AvgIpc) is 2.76. The van der Waals surface area contributed by atoms with E-state index >= 15 is 0 Å². The van der Waals surface area contributed by atoms with Gasteiger partial charge in [0, 0.05) is 29.5 Å². The molecule has 0 aromatic carbocycles. The average molecular weight is 334 g/mol. The molecule has 1 fully saturated rings. The Kier molecular flexibility index (Phi) is 4.37. The summed E-state index contributed by atoms with van der Waals surface area (Å²) in [4.78, 5) is 6.31. The van der Waals surface area contributed by atoms with Crippen LogP contribution in [-0.4, -0.2) is 44.0 Å². The first-order valence-corrected chi connectivity index (χ1v) is 8.14. The van der Waals surface area contributed by atoms with Gasteiger partial charge in [0.1, 0.15) is 4.90 Å². The minimum absolute atomic E-state index is 0.00562. The maximum atomic E-state index is 12.1. The summed E-state index contributed by atoms with van der Waals surface area (Å²) in [6, 6.07) is 1.55. The Bertz CT molecular complexity index is 521. The highest BCUT2D eigenvalue weighted by atomic mass is 79.9. The van der Waals surface area contributed by atoms with Crippen molar-refractivity contribution in [3.63, 3.8) is 0 Å². The fourth-order valence-electron chi connectivity index (χ4n) is 2.04. The molecule has 0 radical (unpaired) electrons. The van der Waals surface area contributed by atoms with E-state index in [2.05, 4.69) is 37.5 Å². The lowest BCUT2D eigenvalue weighted by atomic mass is 10.3. The second-order valence-electron chi connectivity index (χ2n) is 4.34. The summed E-state index contributed by atoms with van der Waals surface area (Å²) >= 11 is 3.23. The first-order chi connectivity index (χ1) is 8.51. The van der Waals surface area contributed by atoms with Crippen LogP contribution in [0.1, 0.15) is 13.3 Å². The number of likely N-dealkylation sites (N-methyl/N-ethyl adjacent to an activating group) is 1. The van der Waals surface area contributed by atoms with E-state index in [1.807, 2.05) is 0 Å². The molecule has 0 saturated carbocycles. The Morgan fingerprint density at radius 3 is 2.94 bits per heavy atom. The van der Waals surface area contributed by atoms with Gasteiger partial charge in [-0.05, 0) is 41.5 Å². The molecule has 0 unspecified atom stereocenters. The van der Waals surface area contributed by atoms with Crippen molar-refractivity contribution >= 4 is 26.0 Å². The van der Waals surface area contributed by atoms with E-state index < -0.39 is 10.0 Å². The number of rotatable bonds is 4. The molecule has 1 aliphatic rings. The fraction of sp³-hybridized carbons (Fsp3) is 0.545. The minimum atomic E-state index is -3.47. The molecule has 1 N–H and O–H groups in total. The second kappa shape index (κ2) is 5.64. The number of halogens is 1. The molecule has 2 rings (SSSR count). The fourth-order valence-corrected chi connectivity index (χ4v) is 3.81. The van der Waals surface area contributed by atoms with Crippen LogP contribution in [0.5, 0.6) is 0 Å². The van der Waals surface area contributed by atoms with Crippen LogP contribution in [0.15, 0.2) is 27.8 Å². The number of nitrogens with one attached hydrogen (secondary N) is 1. The molecule has 1 aromatic heterocycles. The zero-order valence-electron chi connectivity index (χ0n) is 10.1. The molecule has 0 bridgehead atoms. The van der Waals surface area contributed by atoms with E-state index in [9.17, 15) is 8.42 Å². The SMILES string of the molecule is CCN1CC[C@H](NS(=O)(=O)c2cncc(Br)c2)C1. The largest absolute Gasteiger partial charge is 0.302 e. The quantitative estimate of drug-likeness (QED) is 0.899. The van der Waals surface area contributed by atoms with Gasteiger partial charge in [0.25, 0.3) is 0 Å². The van der Waals surface area contributed by atoms with Gasteiger partial charge in [0.05, 0.1) is 0 Å². The molecule has 1 saturated heterocycles. The van der Waals surface area contributed by atoms with Crippen molar-refractivity contribution in [2.45, 2.75) is 24.3 Å². The summed E-state index contributed by atoms with van der Waals surface area (Å²) in [6.45, 7) is 4.75. The maximum absolute atomic E-state index is 12.1. The molecule has 18 heavy (non-hydrogen) atoms. The third-order valence-corrected chi connectivity index (χ3v) is 4.95. The van der Waals surface area contributed by atoms with Crippen LogP contribution < -0.4 is 4.72 Å². The topological polar surface area (TPSA) is 62.3 Å². The van der Waals surface area contributed by atoms with Crippen LogP contribution in [-0.2, 0) is 10.0 Å². The number of aromatic nitrogens is 1. The first-order valence-electron chi connectivity index (χ1n) is 5.86. The second-order valence-corrected chi connectivity index (χ2v) is 6.97. The number of likely N-dealkylation sites (tertiary alicyclic amines) is 1. The molecule has 7 heteroatoms. The molecule has 100 valence electrons. The number of sulfonamides is 1. The minimum Gasteiger partial charge on any atom is -0.302 e. The van der Waals surface area contributed by atoms with Gasteiger partial charge in [-0.15, -0.1) is 0 Å². The highest BCUT2D eigenvalue weighted by Crippen LogP contribution is 2.16. The Balaban J connectivity index is 2.09. The van der Waals surface area contributed by atoms with Crippen molar-refractivity contribution in [1.82, 2.24) is 14.6 Å². The van der Waals surface area contributed by atoms with E-state index in [0.29, 0.717) is 4.47 Å². The molecule has 2 heterocycles. The van der Waals surface area contributed by atoms with Gasteiger partial charge in [-0.2, -0.15) is 0 Å². The summed E-state index contributed by atoms with van der Waals surface area (Å²) in [5, 5.41) is 0. The van der Waals surface area contributed by atoms with Gasteiger partial charge in [-0.25, -0.2) is 13.1 Å². The molecule has 1 aromatic rings. The van der Waals surface area contributed by atoms with Crippen LogP contribution in [0.25, 0.3) is 0 Å². The molecule has 1 atom stereocenters. The Labute approximate surface area is 116 Å². The van der Waals surface area contributed by atoms with E-state index in [1.54, 1.807) is 12.3 Å². The number of nitrogens with zero attached hydrogens (tertiary/aromatic N) is 2. The molecule has 0 aliphatic carbocycles. The summed E-state index contributed by atoms with van der Waals surface area (Å²) in [6.07, 6.45) is 3.78. The van der Waals surface area contributed by atoms with Gasteiger partial charge in [0.2, 0.25) is 10.0 Å². The monoisotopic (exact) mass is 333 g/mol. The lowest BCUT2D eigenvalue weighted by Gasteiger charge is -2.14. The zero-order chi connectivity index (χ0) is 13.2. The van der Waals surface area contributed by atoms with Gasteiger partial charge in [0.15, 0.2) is 0 Å². The Hall–Kier alpha value is -0.500. The van der Waals surface area contributed by atoms with E-state index in [4.69, 9.17) is 0 Å². The normalized spacial score (nSPS) is 21.3. The van der Waals surface area contributed by atoms with Crippen molar-refractivity contribution in [2.75, 3.05) is 19.6 Å². The predicted octanol–water partition coefficient (Wildman–Crippen LogP) is 1.22. The van der Waals surface area contributed by atoms with Crippen molar-refractivity contribution in [3.8, 4) is 0 Å². The van der Waals surface area contributed by atoms with Crippen LogP contribution in [0.4, 0.5) is 0 Å². The van der Waals surface area contributed by atoms with Crippen molar-refractivity contribution in [3.05, 3.63) is 22.9 Å². The van der Waals surface area contributed by atoms with E-state index in [-0.39, 0.29) is 10.9 Å². The van der Waals surface area contributed by atoms with Crippen molar-refractivity contribution < 1.29 is 8.42 Å². The summed E-state index contributed by atoms with van der Waals surface area (Å²) < 4.78 is 27.7. The summed E-state index contributed by atoms with van der Waals surface area (Å²) in [7, 11) is -3.47. The van der Waals surface area contributed by atoms with Crippen LogP contribution in [0, 0.1) is 0 Å². The van der Waals surface area contributed by atoms with Crippen LogP contribution in [0.3, 0.4) is 0 Å². The molecule has 1 aliphatic heterocycles. The highest BCUT2D eigenvalue weighted by molar-refractivity contribution is 9.10. The van der Waals surface area contributed by atoms with Crippen LogP contribution in [0.2, 0.25) is 0 Å². The number of pyridine rings is 1. The zero-order valence-corrected chi connectivity index (χ0v) is 12.5. The van der Waals surface area contributed by atoms with E-state index in [1.165, 1.54) is 6.20 Å². The van der Waals surface area contributed by atoms with Gasteiger partial charge in [-0.1, -0.05) is 6.92 Å². The number of hydrogen-bond donors (Lipinski definition) is 1. The molecular formula is C11H16BrN3O2S. The first kappa shape index (κ1) is 13.9. The summed E-state index contributed by atoms with van der Waals surface area (Å²) in [5.41, 5.74) is 0. The predicted molar refractivity (Wildman–Crippen MR) is 72.8 cm³/mol. The molecule has 0 amide bonds. The number of hydrogen-bond acceptors (Lipinski definition) is 4. The molecule has 5 nitrogen and oxygen atoms in total. The maximum Gasteiger partial charge on any atom is 0.242 e. The van der Waals surface area contributed by atoms with Gasteiger partial charge < -0.3 is 4.90 Å². The third-order valence-electron chi connectivity index (χ3n) is 3.03. The van der Waals surface area contributed by atoms with Crippen LogP contribution >= 0.6 is 15.9 Å². The van der Waals surface area contributed by atoms with Gasteiger partial charge in [-0.3, -0.25) is 4.98 Å². The molecular weight excluding hydrogens is 318 g/mol. The van der Waals surface area contributed by atoms with Crippen molar-refractivity contribution in [2.24, 2.45) is 0 Å². The van der Waals surface area contributed by atoms with E-state index in [0.717, 1.165) is 26.1 Å². The third kappa shape index (κ3) is 3.28. The standard InChI is InChI=1S/C11H16BrN3O2S/c1-2-15-4-3-10(8-15)14-18(16,17)11-5-9(12)6-13-7-11/h5-7,10,14H,2-4,8H2,1H3/t10-/m0/s1.